The fraction of sp³-hybridized carbons (Fsp3) is 0.571. The van der Waals surface area contributed by atoms with Crippen LogP contribution in [0, 0.1) is 5.92 Å². The molecule has 162 valence electrons. The van der Waals surface area contributed by atoms with Crippen LogP contribution < -0.4 is 21.3 Å². The quantitative estimate of drug-likeness (QED) is 0.255. The molecule has 4 N–H and O–H groups in total. The van der Waals surface area contributed by atoms with E-state index in [9.17, 15) is 9.59 Å². The van der Waals surface area contributed by atoms with Gasteiger partial charge in [-0.15, -0.1) is 24.0 Å². The van der Waals surface area contributed by atoms with Crippen molar-refractivity contribution >= 4 is 47.4 Å². The lowest BCUT2D eigenvalue weighted by Gasteiger charge is -2.24. The maximum atomic E-state index is 12.1. The standard InChI is InChI=1S/C21H33N5O2.HI/c1-5-22-20(24-14-18(27)26-21(2,3)4)23-13-15-8-6-11-17(12-15)25-19(28)16-9-7-10-16;/h6,8,11-12,16H,5,7,9-10,13-14H2,1-4H3,(H,25,28)(H,26,27)(H2,22,23,24);1H. The van der Waals surface area contributed by atoms with Crippen molar-refractivity contribution in [2.45, 2.75) is 59.0 Å². The van der Waals surface area contributed by atoms with Crippen molar-refractivity contribution in [1.29, 1.82) is 0 Å². The lowest BCUT2D eigenvalue weighted by atomic mass is 9.85. The van der Waals surface area contributed by atoms with Crippen LogP contribution in [0.3, 0.4) is 0 Å². The first-order valence-electron chi connectivity index (χ1n) is 10.00. The summed E-state index contributed by atoms with van der Waals surface area (Å²) < 4.78 is 0. The average molecular weight is 515 g/mol. The molecule has 2 rings (SSSR count). The first kappa shape index (κ1) is 25.2. The fourth-order valence-electron chi connectivity index (χ4n) is 2.80. The van der Waals surface area contributed by atoms with Crippen LogP contribution in [0.5, 0.6) is 0 Å². The van der Waals surface area contributed by atoms with Crippen LogP contribution >= 0.6 is 24.0 Å². The zero-order chi connectivity index (χ0) is 20.6. The molecule has 2 amide bonds. The maximum Gasteiger partial charge on any atom is 0.239 e. The molecule has 1 aromatic carbocycles. The first-order valence-corrected chi connectivity index (χ1v) is 10.00. The Balaban J connectivity index is 0.00000420. The smallest absolute Gasteiger partial charge is 0.239 e. The molecule has 0 bridgehead atoms. The average Bonchev–Trinajstić information content (AvgIpc) is 2.54. The van der Waals surface area contributed by atoms with Gasteiger partial charge in [-0.1, -0.05) is 18.6 Å². The number of anilines is 1. The third-order valence-corrected chi connectivity index (χ3v) is 4.37. The van der Waals surface area contributed by atoms with Gasteiger partial charge in [-0.2, -0.15) is 0 Å². The van der Waals surface area contributed by atoms with Crippen LogP contribution in [-0.2, 0) is 16.1 Å². The number of nitrogens with one attached hydrogen (secondary N) is 4. The van der Waals surface area contributed by atoms with Crippen LogP contribution in [0.1, 0.15) is 52.5 Å². The van der Waals surface area contributed by atoms with Gasteiger partial charge in [-0.3, -0.25) is 9.59 Å². The summed E-state index contributed by atoms with van der Waals surface area (Å²) in [6.45, 7) is 9.11. The molecule has 0 spiro atoms. The van der Waals surface area contributed by atoms with E-state index in [0.29, 0.717) is 19.0 Å². The minimum atomic E-state index is -0.265. The summed E-state index contributed by atoms with van der Waals surface area (Å²) in [7, 11) is 0. The number of carbonyl (C=O) groups is 2. The molecule has 0 atom stereocenters. The van der Waals surface area contributed by atoms with Crippen LogP contribution in [-0.4, -0.2) is 36.4 Å². The molecule has 29 heavy (non-hydrogen) atoms. The Labute approximate surface area is 190 Å². The Morgan fingerprint density at radius 2 is 1.90 bits per heavy atom. The summed E-state index contributed by atoms with van der Waals surface area (Å²) in [5.74, 6) is 0.756. The Morgan fingerprint density at radius 3 is 2.48 bits per heavy atom. The molecule has 1 fully saturated rings. The van der Waals surface area contributed by atoms with E-state index >= 15 is 0 Å². The summed E-state index contributed by atoms with van der Waals surface area (Å²) in [5.41, 5.74) is 1.52. The van der Waals surface area contributed by atoms with Gasteiger partial charge in [0, 0.05) is 23.7 Å². The Kier molecular flexibility index (Phi) is 10.4. The number of rotatable bonds is 7. The molecule has 0 aromatic heterocycles. The number of halogens is 1. The maximum absolute atomic E-state index is 12.1. The second-order valence-corrected chi connectivity index (χ2v) is 8.16. The van der Waals surface area contributed by atoms with E-state index in [1.165, 1.54) is 0 Å². The normalized spacial score (nSPS) is 14.3. The molecule has 1 saturated carbocycles. The van der Waals surface area contributed by atoms with Gasteiger partial charge in [0.2, 0.25) is 11.8 Å². The van der Waals surface area contributed by atoms with Gasteiger partial charge < -0.3 is 21.3 Å². The van der Waals surface area contributed by atoms with Gasteiger partial charge >= 0.3 is 0 Å². The predicted molar refractivity (Wildman–Crippen MR) is 129 cm³/mol. The monoisotopic (exact) mass is 515 g/mol. The van der Waals surface area contributed by atoms with Gasteiger partial charge in [-0.25, -0.2) is 4.99 Å². The van der Waals surface area contributed by atoms with Crippen molar-refractivity contribution in [2.24, 2.45) is 10.9 Å². The summed E-state index contributed by atoms with van der Waals surface area (Å²) in [6.07, 6.45) is 3.10. The number of aliphatic imine (C=N–C) groups is 1. The van der Waals surface area contributed by atoms with Crippen LogP contribution in [0.2, 0.25) is 0 Å². The van der Waals surface area contributed by atoms with Crippen molar-refractivity contribution in [3.8, 4) is 0 Å². The second kappa shape index (κ2) is 12.0. The number of amides is 2. The Bertz CT molecular complexity index is 711. The highest BCUT2D eigenvalue weighted by molar-refractivity contribution is 14.0. The molecular weight excluding hydrogens is 481 g/mol. The molecule has 8 heteroatoms. The number of benzene rings is 1. The second-order valence-electron chi connectivity index (χ2n) is 8.16. The zero-order valence-corrected chi connectivity index (χ0v) is 20.1. The highest BCUT2D eigenvalue weighted by Gasteiger charge is 2.25. The van der Waals surface area contributed by atoms with Gasteiger partial charge in [0.15, 0.2) is 5.96 Å². The largest absolute Gasteiger partial charge is 0.357 e. The first-order chi connectivity index (χ1) is 13.3. The minimum absolute atomic E-state index is 0. The number of nitrogens with zero attached hydrogens (tertiary/aromatic N) is 1. The number of guanidine groups is 1. The summed E-state index contributed by atoms with van der Waals surface area (Å²) in [6, 6.07) is 7.72. The molecule has 0 unspecified atom stereocenters. The molecule has 0 saturated heterocycles. The number of carbonyl (C=O) groups excluding carboxylic acids is 2. The Hall–Kier alpha value is -1.84. The summed E-state index contributed by atoms with van der Waals surface area (Å²) in [4.78, 5) is 28.6. The van der Waals surface area contributed by atoms with Gasteiger partial charge in [0.25, 0.3) is 0 Å². The SMILES string of the molecule is CCNC(=NCc1cccc(NC(=O)C2CCC2)c1)NCC(=O)NC(C)(C)C.I. The topological polar surface area (TPSA) is 94.6 Å². The molecule has 0 aliphatic heterocycles. The fourth-order valence-corrected chi connectivity index (χ4v) is 2.80. The molecule has 7 nitrogen and oxygen atoms in total. The highest BCUT2D eigenvalue weighted by Crippen LogP contribution is 2.27. The van der Waals surface area contributed by atoms with E-state index in [0.717, 1.165) is 30.5 Å². The lowest BCUT2D eigenvalue weighted by Crippen LogP contribution is -2.48. The highest BCUT2D eigenvalue weighted by atomic mass is 127. The van der Waals surface area contributed by atoms with Crippen molar-refractivity contribution in [3.63, 3.8) is 0 Å². The van der Waals surface area contributed by atoms with Gasteiger partial charge in [-0.05, 0) is 58.2 Å². The van der Waals surface area contributed by atoms with E-state index in [1.54, 1.807) is 0 Å². The Morgan fingerprint density at radius 1 is 1.17 bits per heavy atom. The van der Waals surface area contributed by atoms with Crippen molar-refractivity contribution in [1.82, 2.24) is 16.0 Å². The molecule has 1 aliphatic rings. The molecule has 0 heterocycles. The van der Waals surface area contributed by atoms with E-state index in [2.05, 4.69) is 26.3 Å². The molecule has 1 aliphatic carbocycles. The third-order valence-electron chi connectivity index (χ3n) is 4.37. The molecule has 0 radical (unpaired) electrons. The van der Waals surface area contributed by atoms with Crippen molar-refractivity contribution < 1.29 is 9.59 Å². The van der Waals surface area contributed by atoms with Crippen molar-refractivity contribution in [2.75, 3.05) is 18.4 Å². The van der Waals surface area contributed by atoms with Crippen molar-refractivity contribution in [3.05, 3.63) is 29.8 Å². The number of hydrogen-bond acceptors (Lipinski definition) is 3. The van der Waals surface area contributed by atoms with Crippen LogP contribution in [0.15, 0.2) is 29.3 Å². The zero-order valence-electron chi connectivity index (χ0n) is 17.8. The van der Waals surface area contributed by atoms with E-state index in [1.807, 2.05) is 52.0 Å². The third kappa shape index (κ3) is 9.47. The number of hydrogen-bond donors (Lipinski definition) is 4. The van der Waals surface area contributed by atoms with Gasteiger partial charge in [0.1, 0.15) is 0 Å². The molecule has 1 aromatic rings. The predicted octanol–water partition coefficient (Wildman–Crippen LogP) is 3.01. The summed E-state index contributed by atoms with van der Waals surface area (Å²) >= 11 is 0. The van der Waals surface area contributed by atoms with Gasteiger partial charge in [0.05, 0.1) is 13.1 Å². The van der Waals surface area contributed by atoms with E-state index in [4.69, 9.17) is 0 Å². The lowest BCUT2D eigenvalue weighted by molar-refractivity contribution is -0.122. The van der Waals surface area contributed by atoms with Crippen LogP contribution in [0.4, 0.5) is 5.69 Å². The molecular formula is C21H34IN5O2. The van der Waals surface area contributed by atoms with E-state index < -0.39 is 0 Å². The minimum Gasteiger partial charge on any atom is -0.357 e. The summed E-state index contributed by atoms with van der Waals surface area (Å²) in [5, 5.41) is 12.1. The van der Waals surface area contributed by atoms with E-state index in [-0.39, 0.29) is 53.8 Å². The van der Waals surface area contributed by atoms with Crippen LogP contribution in [0.25, 0.3) is 0 Å².